The van der Waals surface area contributed by atoms with Crippen molar-refractivity contribution < 1.29 is 37.7 Å². The molecule has 1 N–H and O–H groups in total. The summed E-state index contributed by atoms with van der Waals surface area (Å²) in [6.45, 7) is 2.84. The minimum absolute atomic E-state index is 0.115. The van der Waals surface area contributed by atoms with E-state index in [1.165, 1.54) is 13.2 Å². The van der Waals surface area contributed by atoms with Gasteiger partial charge in [-0.1, -0.05) is 80.8 Å². The van der Waals surface area contributed by atoms with Crippen LogP contribution >= 0.6 is 0 Å². The van der Waals surface area contributed by atoms with Crippen LogP contribution in [0.4, 0.5) is 4.79 Å². The molecule has 0 saturated carbocycles. The Kier molecular flexibility index (Phi) is 15.5. The quantitative estimate of drug-likeness (QED) is 0.0964. The third-order valence-corrected chi connectivity index (χ3v) is 6.83. The summed E-state index contributed by atoms with van der Waals surface area (Å²) in [6, 6.07) is 9.87. The van der Waals surface area contributed by atoms with Crippen LogP contribution < -0.4 is 5.32 Å². The zero-order valence-electron chi connectivity index (χ0n) is 25.7. The maximum atomic E-state index is 12.6. The van der Waals surface area contributed by atoms with E-state index in [4.69, 9.17) is 18.6 Å². The fourth-order valence-electron chi connectivity index (χ4n) is 4.60. The largest absolute Gasteiger partial charge is 0.466 e. The summed E-state index contributed by atoms with van der Waals surface area (Å²) in [5, 5.41) is 2.53. The molecule has 3 atom stereocenters. The molecule has 1 fully saturated rings. The molecule has 2 heterocycles. The summed E-state index contributed by atoms with van der Waals surface area (Å²) >= 11 is 0. The Bertz CT molecular complexity index is 1240. The van der Waals surface area contributed by atoms with E-state index in [9.17, 15) is 14.4 Å². The van der Waals surface area contributed by atoms with E-state index in [2.05, 4.69) is 22.0 Å². The van der Waals surface area contributed by atoms with Crippen LogP contribution in [0.15, 0.2) is 65.3 Å². The number of amides is 1. The van der Waals surface area contributed by atoms with E-state index in [0.29, 0.717) is 38.2 Å². The minimum atomic E-state index is -0.516. The number of nitrogens with one attached hydrogen (secondary N) is 1. The van der Waals surface area contributed by atoms with E-state index >= 15 is 0 Å². The Morgan fingerprint density at radius 1 is 1.07 bits per heavy atom. The Hall–Kier alpha value is -4.18. The van der Waals surface area contributed by atoms with Crippen molar-refractivity contribution in [2.75, 3.05) is 20.3 Å². The van der Waals surface area contributed by atoms with Crippen molar-refractivity contribution in [3.05, 3.63) is 78.0 Å². The zero-order valence-corrected chi connectivity index (χ0v) is 25.7. The molecule has 1 aliphatic heterocycles. The number of hydrogen-bond donors (Lipinski definition) is 1. The van der Waals surface area contributed by atoms with Crippen LogP contribution in [0.1, 0.15) is 75.4 Å². The molecule has 0 radical (unpaired) electrons. The molecule has 44 heavy (non-hydrogen) atoms. The van der Waals surface area contributed by atoms with Crippen LogP contribution in [0.2, 0.25) is 0 Å². The lowest BCUT2D eigenvalue weighted by Gasteiger charge is -2.33. The van der Waals surface area contributed by atoms with Gasteiger partial charge in [-0.25, -0.2) is 14.6 Å². The number of methoxy groups -OCH3 is 1. The zero-order chi connectivity index (χ0) is 31.4. The van der Waals surface area contributed by atoms with Gasteiger partial charge >= 0.3 is 18.0 Å². The average Bonchev–Trinajstić information content (AvgIpc) is 3.48. The fraction of sp³-hybridized carbons (Fsp3) is 0.471. The van der Waals surface area contributed by atoms with Crippen LogP contribution in [0.3, 0.4) is 0 Å². The van der Waals surface area contributed by atoms with Crippen molar-refractivity contribution in [2.24, 2.45) is 0 Å². The number of unbranched alkanes of at least 4 members (excludes halogenated alkanes) is 3. The highest BCUT2D eigenvalue weighted by molar-refractivity contribution is 5.82. The number of ether oxygens (including phenoxy) is 4. The summed E-state index contributed by atoms with van der Waals surface area (Å²) in [5.74, 6) is -0.323. The van der Waals surface area contributed by atoms with Gasteiger partial charge in [-0.05, 0) is 30.9 Å². The third-order valence-electron chi connectivity index (χ3n) is 6.83. The molecule has 0 aliphatic carbocycles. The molecule has 0 spiro atoms. The van der Waals surface area contributed by atoms with Gasteiger partial charge in [-0.15, -0.1) is 0 Å². The highest BCUT2D eigenvalue weighted by Crippen LogP contribution is 2.26. The lowest BCUT2D eigenvalue weighted by atomic mass is 9.98. The number of hydrogen-bond acceptors (Lipinski definition) is 9. The number of carbonyl (C=O) groups is 3. The highest BCUT2D eigenvalue weighted by atomic mass is 16.6. The molecule has 1 amide bonds. The van der Waals surface area contributed by atoms with Crippen molar-refractivity contribution >= 4 is 30.2 Å². The molecule has 10 nitrogen and oxygen atoms in total. The number of nitrogens with zero attached hydrogens (tertiary/aromatic N) is 1. The molecule has 1 aromatic heterocycles. The van der Waals surface area contributed by atoms with Gasteiger partial charge in [-0.3, -0.25) is 4.79 Å². The van der Waals surface area contributed by atoms with Gasteiger partial charge in [0.2, 0.25) is 5.89 Å². The fourth-order valence-corrected chi connectivity index (χ4v) is 4.60. The Morgan fingerprint density at radius 2 is 1.91 bits per heavy atom. The molecule has 1 aliphatic rings. The second-order valence-corrected chi connectivity index (χ2v) is 10.5. The number of allylic oxidation sites excluding steroid dienone is 1. The van der Waals surface area contributed by atoms with Crippen molar-refractivity contribution in [3.8, 4) is 0 Å². The number of alkyl carbamates (subject to hydrolysis) is 1. The van der Waals surface area contributed by atoms with E-state index in [1.54, 1.807) is 24.5 Å². The Labute approximate surface area is 259 Å². The molecule has 1 saturated heterocycles. The van der Waals surface area contributed by atoms with Crippen molar-refractivity contribution in [3.63, 3.8) is 0 Å². The lowest BCUT2D eigenvalue weighted by Crippen LogP contribution is -2.38. The van der Waals surface area contributed by atoms with Gasteiger partial charge in [-0.2, -0.15) is 0 Å². The molecule has 0 bridgehead atoms. The molecule has 10 heteroatoms. The molecule has 1 aromatic carbocycles. The van der Waals surface area contributed by atoms with Gasteiger partial charge in [0.15, 0.2) is 0 Å². The van der Waals surface area contributed by atoms with Crippen molar-refractivity contribution in [1.82, 2.24) is 10.3 Å². The van der Waals surface area contributed by atoms with E-state index in [-0.39, 0.29) is 25.0 Å². The number of aryl methyl sites for hydroxylation is 1. The van der Waals surface area contributed by atoms with Crippen LogP contribution in [0.5, 0.6) is 0 Å². The first-order valence-corrected chi connectivity index (χ1v) is 15.3. The number of aromatic nitrogens is 1. The SMILES string of the molecule is CCCCCCOC(=O)C[C@H]1C[C@H](OC(=O)/C=C\CCc2coc(/C=C\CNC(=O)OC)n2)C[C@@H](/C=C/c2ccccc2)O1. The topological polar surface area (TPSA) is 126 Å². The number of carbonyl (C=O) groups excluding carboxylic acids is 3. The predicted octanol–water partition coefficient (Wildman–Crippen LogP) is 6.22. The van der Waals surface area contributed by atoms with Crippen LogP contribution in [0.25, 0.3) is 12.2 Å². The first kappa shape index (κ1) is 34.3. The Morgan fingerprint density at radius 3 is 2.70 bits per heavy atom. The van der Waals surface area contributed by atoms with Gasteiger partial charge in [0.05, 0.1) is 38.0 Å². The first-order valence-electron chi connectivity index (χ1n) is 15.3. The molecule has 0 unspecified atom stereocenters. The summed E-state index contributed by atoms with van der Waals surface area (Å²) in [4.78, 5) is 40.5. The smallest absolute Gasteiger partial charge is 0.407 e. The van der Waals surface area contributed by atoms with Crippen LogP contribution in [-0.4, -0.2) is 61.6 Å². The van der Waals surface area contributed by atoms with Gasteiger partial charge in [0.1, 0.15) is 12.4 Å². The van der Waals surface area contributed by atoms with Crippen LogP contribution in [0, 0.1) is 0 Å². The van der Waals surface area contributed by atoms with Crippen LogP contribution in [-0.2, 0) is 35.0 Å². The number of oxazole rings is 1. The van der Waals surface area contributed by atoms with Gasteiger partial charge < -0.3 is 28.7 Å². The maximum absolute atomic E-state index is 12.6. The van der Waals surface area contributed by atoms with E-state index in [1.807, 2.05) is 42.5 Å². The normalized spacial score (nSPS) is 18.5. The first-order chi connectivity index (χ1) is 21.4. The molecule has 238 valence electrons. The number of benzene rings is 1. The summed E-state index contributed by atoms with van der Waals surface area (Å²) in [7, 11) is 1.30. The van der Waals surface area contributed by atoms with Crippen molar-refractivity contribution in [2.45, 2.75) is 83.0 Å². The van der Waals surface area contributed by atoms with E-state index < -0.39 is 24.3 Å². The van der Waals surface area contributed by atoms with Gasteiger partial charge in [0, 0.05) is 25.5 Å². The second-order valence-electron chi connectivity index (χ2n) is 10.5. The Balaban J connectivity index is 1.47. The second kappa shape index (κ2) is 19.9. The molecule has 2 aromatic rings. The third kappa shape index (κ3) is 13.9. The minimum Gasteiger partial charge on any atom is -0.466 e. The maximum Gasteiger partial charge on any atom is 0.407 e. The van der Waals surface area contributed by atoms with Crippen molar-refractivity contribution in [1.29, 1.82) is 0 Å². The summed E-state index contributed by atoms with van der Waals surface area (Å²) in [6.07, 6.45) is 16.7. The average molecular weight is 609 g/mol. The van der Waals surface area contributed by atoms with Gasteiger partial charge in [0.25, 0.3) is 0 Å². The predicted molar refractivity (Wildman–Crippen MR) is 166 cm³/mol. The highest BCUT2D eigenvalue weighted by Gasteiger charge is 2.32. The summed E-state index contributed by atoms with van der Waals surface area (Å²) < 4.78 is 27.3. The summed E-state index contributed by atoms with van der Waals surface area (Å²) in [5.41, 5.74) is 1.77. The monoisotopic (exact) mass is 608 g/mol. The molecule has 3 rings (SSSR count). The molecular formula is C34H44N2O8. The number of esters is 2. The lowest BCUT2D eigenvalue weighted by molar-refractivity contribution is -0.159. The standard InChI is InChI=1S/C34H44N2O8/c1-3-4-5-11-21-41-33(38)24-30-23-29(22-28(43-30)19-18-26-13-7-6-8-14-26)44-32(37)17-10-9-15-27-25-42-31(36-27)16-12-20-35-34(39)40-2/h6-8,10,12-14,16-19,25,28-30H,3-5,9,11,15,20-24H2,1-2H3,(H,35,39)/b16-12-,17-10-,19-18+/t28-,29-,30-/m1/s1. The number of rotatable bonds is 17. The van der Waals surface area contributed by atoms with E-state index in [0.717, 1.165) is 36.9 Å². The molecular weight excluding hydrogens is 564 g/mol.